The second-order valence-corrected chi connectivity index (χ2v) is 3.28. The van der Waals surface area contributed by atoms with Gasteiger partial charge in [0.05, 0.1) is 12.1 Å². The predicted molar refractivity (Wildman–Crippen MR) is 61.4 cm³/mol. The largest absolute Gasteiger partial charge is 0.292 e. The van der Waals surface area contributed by atoms with Gasteiger partial charge in [0.1, 0.15) is 18.0 Å². The Kier molecular flexibility index (Phi) is 4.45. The van der Waals surface area contributed by atoms with Gasteiger partial charge in [-0.15, -0.1) is 0 Å². The zero-order valence-corrected chi connectivity index (χ0v) is 9.23. The van der Waals surface area contributed by atoms with Gasteiger partial charge in [-0.2, -0.15) is 5.10 Å². The number of ketones is 1. The van der Waals surface area contributed by atoms with Gasteiger partial charge in [-0.05, 0) is 18.9 Å². The minimum atomic E-state index is -0.880. The molecule has 0 aliphatic rings. The van der Waals surface area contributed by atoms with E-state index in [4.69, 9.17) is 0 Å². The Bertz CT molecular complexity index is 460. The van der Waals surface area contributed by atoms with E-state index < -0.39 is 17.4 Å². The number of benzene rings is 1. The molecule has 0 bridgehead atoms. The Hall–Kier alpha value is -2.11. The number of hydrogen-bond acceptors (Lipinski definition) is 3. The Balaban J connectivity index is 2.76. The molecule has 1 rings (SSSR count). The number of halogens is 2. The molecule has 0 saturated carbocycles. The van der Waals surface area contributed by atoms with Crippen LogP contribution in [-0.2, 0) is 0 Å². The first kappa shape index (κ1) is 13.0. The van der Waals surface area contributed by atoms with E-state index >= 15 is 0 Å². The van der Waals surface area contributed by atoms with Gasteiger partial charge < -0.3 is 0 Å². The highest BCUT2D eigenvalue weighted by Crippen LogP contribution is 2.10. The zero-order valence-electron chi connectivity index (χ0n) is 9.23. The van der Waals surface area contributed by atoms with E-state index in [1.165, 1.54) is 12.1 Å². The molecule has 6 heteroatoms. The third-order valence-corrected chi connectivity index (χ3v) is 1.93. The summed E-state index contributed by atoms with van der Waals surface area (Å²) in [4.78, 5) is 15.0. The highest BCUT2D eigenvalue weighted by Gasteiger charge is 2.13. The predicted octanol–water partition coefficient (Wildman–Crippen LogP) is 1.72. The number of rotatable bonds is 5. The van der Waals surface area contributed by atoms with Crippen molar-refractivity contribution in [1.82, 2.24) is 5.01 Å². The number of likely N-dealkylation sites (N-methyl/N-ethyl adjacent to an activating group) is 1. The molecule has 0 fully saturated rings. The van der Waals surface area contributed by atoms with Crippen molar-refractivity contribution in [2.75, 3.05) is 13.6 Å². The van der Waals surface area contributed by atoms with E-state index in [1.807, 2.05) is 0 Å². The van der Waals surface area contributed by atoms with Crippen LogP contribution in [0, 0.1) is 11.6 Å². The molecular weight excluding hydrogens is 228 g/mol. The van der Waals surface area contributed by atoms with Crippen molar-refractivity contribution >= 4 is 18.8 Å². The van der Waals surface area contributed by atoms with E-state index in [0.29, 0.717) is 6.07 Å². The molecule has 0 aromatic heterocycles. The fourth-order valence-corrected chi connectivity index (χ4v) is 1.17. The minimum absolute atomic E-state index is 0.130. The molecule has 0 N–H and O–H groups in total. The quantitative estimate of drug-likeness (QED) is 0.340. The first-order chi connectivity index (χ1) is 8.04. The van der Waals surface area contributed by atoms with Gasteiger partial charge >= 0.3 is 0 Å². The number of hydrazone groups is 1. The third kappa shape index (κ3) is 3.75. The van der Waals surface area contributed by atoms with Crippen LogP contribution in [0.4, 0.5) is 8.78 Å². The van der Waals surface area contributed by atoms with Gasteiger partial charge in [0.25, 0.3) is 0 Å². The number of carbonyl (C=O) groups is 1. The first-order valence-corrected chi connectivity index (χ1v) is 4.72. The van der Waals surface area contributed by atoms with Crippen LogP contribution in [0.25, 0.3) is 0 Å². The number of Topliss-reactive ketones (excluding diaryl/α,β-unsaturated/α-hetero) is 1. The molecule has 0 radical (unpaired) electrons. The lowest BCUT2D eigenvalue weighted by Crippen LogP contribution is -2.22. The van der Waals surface area contributed by atoms with Crippen LogP contribution in [0.3, 0.4) is 0 Å². The van der Waals surface area contributed by atoms with E-state index in [0.717, 1.165) is 18.5 Å². The fraction of sp³-hybridized carbons (Fsp3) is 0.182. The lowest BCUT2D eigenvalue weighted by atomic mass is 10.1. The molecule has 0 saturated heterocycles. The Morgan fingerprint density at radius 3 is 2.82 bits per heavy atom. The van der Waals surface area contributed by atoms with Crippen molar-refractivity contribution in [2.45, 2.75) is 0 Å². The SMILES string of the molecule is C=N/C=N\N(C)CC(=O)c1ccc(F)cc1F. The summed E-state index contributed by atoms with van der Waals surface area (Å²) < 4.78 is 25.9. The number of carbonyl (C=O) groups excluding carboxylic acids is 1. The van der Waals surface area contributed by atoms with Crippen molar-refractivity contribution in [3.05, 3.63) is 35.4 Å². The number of nitrogens with zero attached hydrogens (tertiary/aromatic N) is 3. The van der Waals surface area contributed by atoms with Gasteiger partial charge in [-0.25, -0.2) is 8.78 Å². The standard InChI is InChI=1S/C11H11F2N3O/c1-14-7-15-16(2)6-11(17)9-4-3-8(12)5-10(9)13/h3-5,7H,1,6H2,2H3/b15-7-. The van der Waals surface area contributed by atoms with Gasteiger partial charge in [-0.3, -0.25) is 14.8 Å². The summed E-state index contributed by atoms with van der Waals surface area (Å²) in [6.07, 6.45) is 1.16. The van der Waals surface area contributed by atoms with Crippen LogP contribution >= 0.6 is 0 Å². The first-order valence-electron chi connectivity index (χ1n) is 4.72. The molecule has 0 amide bonds. The molecule has 90 valence electrons. The number of aliphatic imine (C=N–C) groups is 1. The summed E-state index contributed by atoms with van der Waals surface area (Å²) in [5.41, 5.74) is -0.167. The van der Waals surface area contributed by atoms with Crippen molar-refractivity contribution < 1.29 is 13.6 Å². The van der Waals surface area contributed by atoms with E-state index in [-0.39, 0.29) is 12.1 Å². The van der Waals surface area contributed by atoms with Crippen LogP contribution in [0.5, 0.6) is 0 Å². The highest BCUT2D eigenvalue weighted by atomic mass is 19.1. The van der Waals surface area contributed by atoms with Crippen molar-refractivity contribution in [3.8, 4) is 0 Å². The molecule has 0 unspecified atom stereocenters. The summed E-state index contributed by atoms with van der Waals surface area (Å²) in [6.45, 7) is 3.05. The van der Waals surface area contributed by atoms with Gasteiger partial charge in [-0.1, -0.05) is 0 Å². The van der Waals surface area contributed by atoms with E-state index in [1.54, 1.807) is 0 Å². The average Bonchev–Trinajstić information content (AvgIpc) is 2.26. The normalized spacial score (nSPS) is 10.5. The van der Waals surface area contributed by atoms with Crippen molar-refractivity contribution in [2.24, 2.45) is 10.1 Å². The maximum Gasteiger partial charge on any atom is 0.186 e. The van der Waals surface area contributed by atoms with Crippen molar-refractivity contribution in [3.63, 3.8) is 0 Å². The summed E-state index contributed by atoms with van der Waals surface area (Å²) in [5.74, 6) is -2.10. The van der Waals surface area contributed by atoms with E-state index in [9.17, 15) is 13.6 Å². The van der Waals surface area contributed by atoms with Gasteiger partial charge in [0.15, 0.2) is 5.78 Å². The molecular formula is C11H11F2N3O. The molecule has 1 aromatic carbocycles. The van der Waals surface area contributed by atoms with E-state index in [2.05, 4.69) is 16.8 Å². The highest BCUT2D eigenvalue weighted by molar-refractivity contribution is 5.97. The molecule has 0 aliphatic heterocycles. The summed E-state index contributed by atoms with van der Waals surface area (Å²) in [7, 11) is 1.53. The maximum atomic E-state index is 13.3. The monoisotopic (exact) mass is 239 g/mol. The summed E-state index contributed by atoms with van der Waals surface area (Å²) in [5, 5.41) is 4.99. The molecule has 1 aromatic rings. The topological polar surface area (TPSA) is 45.0 Å². The van der Waals surface area contributed by atoms with Crippen molar-refractivity contribution in [1.29, 1.82) is 0 Å². The van der Waals surface area contributed by atoms with Gasteiger partial charge in [0.2, 0.25) is 0 Å². The zero-order chi connectivity index (χ0) is 12.8. The second kappa shape index (κ2) is 5.83. The van der Waals surface area contributed by atoms with Crippen LogP contribution in [0.1, 0.15) is 10.4 Å². The smallest absolute Gasteiger partial charge is 0.186 e. The molecule has 0 aliphatic carbocycles. The Morgan fingerprint density at radius 1 is 1.53 bits per heavy atom. The third-order valence-electron chi connectivity index (χ3n) is 1.93. The summed E-state index contributed by atoms with van der Waals surface area (Å²) in [6, 6.07) is 2.81. The molecule has 4 nitrogen and oxygen atoms in total. The summed E-state index contributed by atoms with van der Waals surface area (Å²) >= 11 is 0. The second-order valence-electron chi connectivity index (χ2n) is 3.28. The lowest BCUT2D eigenvalue weighted by Gasteiger charge is -2.11. The van der Waals surface area contributed by atoms with Gasteiger partial charge in [0, 0.05) is 13.1 Å². The minimum Gasteiger partial charge on any atom is -0.292 e. The average molecular weight is 239 g/mol. The van der Waals surface area contributed by atoms with Crippen LogP contribution < -0.4 is 0 Å². The maximum absolute atomic E-state index is 13.3. The van der Waals surface area contributed by atoms with Crippen LogP contribution in [0.15, 0.2) is 28.3 Å². The number of hydrogen-bond donors (Lipinski definition) is 0. The molecule has 0 heterocycles. The molecule has 17 heavy (non-hydrogen) atoms. The Morgan fingerprint density at radius 2 is 2.24 bits per heavy atom. The Labute approximate surface area is 97.3 Å². The lowest BCUT2D eigenvalue weighted by molar-refractivity contribution is 0.0944. The fourth-order valence-electron chi connectivity index (χ4n) is 1.17. The molecule has 0 atom stereocenters. The molecule has 0 spiro atoms. The van der Waals surface area contributed by atoms with Crippen LogP contribution in [0.2, 0.25) is 0 Å². The van der Waals surface area contributed by atoms with Crippen LogP contribution in [-0.4, -0.2) is 37.4 Å².